The summed E-state index contributed by atoms with van der Waals surface area (Å²) in [6.07, 6.45) is 3.83. The maximum absolute atomic E-state index is 11.5. The summed E-state index contributed by atoms with van der Waals surface area (Å²) in [5, 5.41) is 9.43. The van der Waals surface area contributed by atoms with E-state index in [4.69, 9.17) is 4.74 Å². The van der Waals surface area contributed by atoms with Crippen molar-refractivity contribution in [2.75, 3.05) is 26.3 Å². The topological polar surface area (TPSA) is 49.8 Å². The Morgan fingerprint density at radius 3 is 2.62 bits per heavy atom. The molecule has 0 bridgehead atoms. The van der Waals surface area contributed by atoms with E-state index in [1.165, 1.54) is 0 Å². The first kappa shape index (κ1) is 11.9. The van der Waals surface area contributed by atoms with Gasteiger partial charge in [-0.25, -0.2) is 0 Å². The minimum absolute atomic E-state index is 0.0199. The number of hydrogen-bond donors (Lipinski definition) is 1. The number of carbonyl (C=O) groups excluding carboxylic acids is 1. The second-order valence-electron chi connectivity index (χ2n) is 5.02. The van der Waals surface area contributed by atoms with Crippen LogP contribution in [0, 0.1) is 5.41 Å². The smallest absolute Gasteiger partial charge is 0.323 e. The van der Waals surface area contributed by atoms with Gasteiger partial charge in [0.25, 0.3) is 0 Å². The van der Waals surface area contributed by atoms with Crippen molar-refractivity contribution in [3.8, 4) is 0 Å². The zero-order valence-corrected chi connectivity index (χ0v) is 9.95. The standard InChI is InChI=1S/C12H21NO3/c1-2-12(9-14)4-6-13(7-5-12)10-3-8-16-11(10)15/h10,14H,2-9H2,1H3. The molecule has 2 aliphatic heterocycles. The summed E-state index contributed by atoms with van der Waals surface area (Å²) in [6, 6.07) is -0.0199. The predicted molar refractivity (Wildman–Crippen MR) is 60.0 cm³/mol. The molecule has 2 aliphatic rings. The van der Waals surface area contributed by atoms with E-state index < -0.39 is 0 Å². The summed E-state index contributed by atoms with van der Waals surface area (Å²) >= 11 is 0. The zero-order valence-electron chi connectivity index (χ0n) is 9.95. The first-order valence-corrected chi connectivity index (χ1v) is 6.22. The number of piperidine rings is 1. The Morgan fingerprint density at radius 1 is 1.50 bits per heavy atom. The molecule has 0 aliphatic carbocycles. The lowest BCUT2D eigenvalue weighted by atomic mass is 9.76. The number of carbonyl (C=O) groups is 1. The van der Waals surface area contributed by atoms with Crippen molar-refractivity contribution in [3.05, 3.63) is 0 Å². The van der Waals surface area contributed by atoms with Gasteiger partial charge < -0.3 is 9.84 Å². The largest absolute Gasteiger partial charge is 0.464 e. The lowest BCUT2D eigenvalue weighted by Crippen LogP contribution is -2.47. The fraction of sp³-hybridized carbons (Fsp3) is 0.917. The lowest BCUT2D eigenvalue weighted by molar-refractivity contribution is -0.143. The molecule has 0 saturated carbocycles. The average molecular weight is 227 g/mol. The average Bonchev–Trinajstić information content (AvgIpc) is 2.76. The molecular formula is C12H21NO3. The van der Waals surface area contributed by atoms with Crippen molar-refractivity contribution in [2.45, 2.75) is 38.6 Å². The predicted octanol–water partition coefficient (Wildman–Crippen LogP) is 0.786. The van der Waals surface area contributed by atoms with Gasteiger partial charge in [-0.3, -0.25) is 9.69 Å². The van der Waals surface area contributed by atoms with Crippen molar-refractivity contribution in [1.82, 2.24) is 4.90 Å². The van der Waals surface area contributed by atoms with Gasteiger partial charge in [-0.2, -0.15) is 0 Å². The van der Waals surface area contributed by atoms with Crippen LogP contribution in [-0.4, -0.2) is 48.3 Å². The molecule has 0 aromatic carbocycles. The first-order valence-electron chi connectivity index (χ1n) is 6.22. The van der Waals surface area contributed by atoms with Crippen LogP contribution in [0.4, 0.5) is 0 Å². The van der Waals surface area contributed by atoms with Gasteiger partial charge in [-0.15, -0.1) is 0 Å². The fourth-order valence-electron chi connectivity index (χ4n) is 2.75. The van der Waals surface area contributed by atoms with E-state index in [0.717, 1.165) is 38.8 Å². The Morgan fingerprint density at radius 2 is 2.19 bits per heavy atom. The van der Waals surface area contributed by atoms with Gasteiger partial charge in [-0.1, -0.05) is 6.92 Å². The van der Waals surface area contributed by atoms with Gasteiger partial charge in [0, 0.05) is 13.0 Å². The molecule has 2 rings (SSSR count). The number of aliphatic hydroxyl groups is 1. The van der Waals surface area contributed by atoms with Crippen LogP contribution in [-0.2, 0) is 9.53 Å². The van der Waals surface area contributed by atoms with Crippen molar-refractivity contribution >= 4 is 5.97 Å². The van der Waals surface area contributed by atoms with Crippen LogP contribution in [0.5, 0.6) is 0 Å². The Labute approximate surface area is 96.6 Å². The Hall–Kier alpha value is -0.610. The summed E-state index contributed by atoms with van der Waals surface area (Å²) < 4.78 is 4.99. The lowest BCUT2D eigenvalue weighted by Gasteiger charge is -2.41. The Bertz CT molecular complexity index is 253. The molecular weight excluding hydrogens is 206 g/mol. The molecule has 16 heavy (non-hydrogen) atoms. The van der Waals surface area contributed by atoms with Crippen LogP contribution in [0.15, 0.2) is 0 Å². The van der Waals surface area contributed by atoms with E-state index in [0.29, 0.717) is 6.61 Å². The van der Waals surface area contributed by atoms with Crippen LogP contribution in [0.1, 0.15) is 32.6 Å². The third-order valence-electron chi connectivity index (χ3n) is 4.29. The highest BCUT2D eigenvalue weighted by Gasteiger charge is 2.38. The molecule has 1 unspecified atom stereocenters. The normalized spacial score (nSPS) is 30.4. The zero-order chi connectivity index (χ0) is 11.6. The van der Waals surface area contributed by atoms with E-state index in [1.54, 1.807) is 0 Å². The van der Waals surface area contributed by atoms with Gasteiger partial charge >= 0.3 is 5.97 Å². The maximum atomic E-state index is 11.5. The van der Waals surface area contributed by atoms with Crippen LogP contribution in [0.25, 0.3) is 0 Å². The van der Waals surface area contributed by atoms with Crippen molar-refractivity contribution < 1.29 is 14.6 Å². The van der Waals surface area contributed by atoms with Crippen molar-refractivity contribution in [2.24, 2.45) is 5.41 Å². The minimum Gasteiger partial charge on any atom is -0.464 e. The molecule has 0 aromatic rings. The van der Waals surface area contributed by atoms with E-state index in [1.807, 2.05) is 0 Å². The van der Waals surface area contributed by atoms with Gasteiger partial charge in [-0.05, 0) is 37.8 Å². The summed E-state index contributed by atoms with van der Waals surface area (Å²) in [5.41, 5.74) is 0.0962. The highest BCUT2D eigenvalue weighted by atomic mass is 16.5. The van der Waals surface area contributed by atoms with Gasteiger partial charge in [0.2, 0.25) is 0 Å². The summed E-state index contributed by atoms with van der Waals surface area (Å²) in [5.74, 6) is -0.0620. The molecule has 2 fully saturated rings. The highest BCUT2D eigenvalue weighted by molar-refractivity contribution is 5.77. The molecule has 0 radical (unpaired) electrons. The minimum atomic E-state index is -0.0620. The summed E-state index contributed by atoms with van der Waals surface area (Å²) in [7, 11) is 0. The molecule has 0 spiro atoms. The SMILES string of the molecule is CCC1(CO)CCN(C2CCOC2=O)CC1. The molecule has 4 heteroatoms. The molecule has 4 nitrogen and oxygen atoms in total. The number of likely N-dealkylation sites (tertiary alicyclic amines) is 1. The molecule has 0 aromatic heterocycles. The molecule has 2 heterocycles. The number of cyclic esters (lactones) is 1. The third kappa shape index (κ3) is 2.09. The number of hydrogen-bond acceptors (Lipinski definition) is 4. The Balaban J connectivity index is 1.92. The third-order valence-corrected chi connectivity index (χ3v) is 4.29. The van der Waals surface area contributed by atoms with Gasteiger partial charge in [0.15, 0.2) is 0 Å². The van der Waals surface area contributed by atoms with Crippen LogP contribution in [0.2, 0.25) is 0 Å². The van der Waals surface area contributed by atoms with Gasteiger partial charge in [0.05, 0.1) is 6.61 Å². The maximum Gasteiger partial charge on any atom is 0.323 e. The molecule has 2 saturated heterocycles. The second kappa shape index (κ2) is 4.72. The van der Waals surface area contributed by atoms with Crippen LogP contribution < -0.4 is 0 Å². The van der Waals surface area contributed by atoms with Crippen molar-refractivity contribution in [3.63, 3.8) is 0 Å². The quantitative estimate of drug-likeness (QED) is 0.724. The number of ether oxygens (including phenoxy) is 1. The van der Waals surface area contributed by atoms with Crippen LogP contribution >= 0.6 is 0 Å². The van der Waals surface area contributed by atoms with Gasteiger partial charge in [0.1, 0.15) is 6.04 Å². The van der Waals surface area contributed by atoms with E-state index in [-0.39, 0.29) is 24.0 Å². The highest BCUT2D eigenvalue weighted by Crippen LogP contribution is 2.35. The molecule has 92 valence electrons. The first-order chi connectivity index (χ1) is 7.71. The molecule has 1 N–H and O–H groups in total. The Kier molecular flexibility index (Phi) is 3.50. The van der Waals surface area contributed by atoms with E-state index in [2.05, 4.69) is 11.8 Å². The fourth-order valence-corrected chi connectivity index (χ4v) is 2.75. The second-order valence-corrected chi connectivity index (χ2v) is 5.02. The number of esters is 1. The monoisotopic (exact) mass is 227 g/mol. The van der Waals surface area contributed by atoms with Crippen LogP contribution in [0.3, 0.4) is 0 Å². The molecule has 1 atom stereocenters. The summed E-state index contributed by atoms with van der Waals surface area (Å²) in [4.78, 5) is 13.7. The molecule has 0 amide bonds. The van der Waals surface area contributed by atoms with Crippen molar-refractivity contribution in [1.29, 1.82) is 0 Å². The number of rotatable bonds is 3. The van der Waals surface area contributed by atoms with E-state index >= 15 is 0 Å². The number of nitrogens with zero attached hydrogens (tertiary/aromatic N) is 1. The number of aliphatic hydroxyl groups excluding tert-OH is 1. The van der Waals surface area contributed by atoms with E-state index in [9.17, 15) is 9.90 Å². The summed E-state index contributed by atoms with van der Waals surface area (Å²) in [6.45, 7) is 4.80.